The molecule has 1 nitrogen and oxygen atoms in total. The highest BCUT2D eigenvalue weighted by molar-refractivity contribution is 6.31. The third kappa shape index (κ3) is 1.36. The van der Waals surface area contributed by atoms with Gasteiger partial charge in [-0.1, -0.05) is 29.8 Å². The van der Waals surface area contributed by atoms with Gasteiger partial charge in [-0.05, 0) is 34.4 Å². The standard InChI is InChI=1S/C13H8ClN/c14-11-4-3-9-1-2-10-5-6-15-8-13(10)12(9)7-11/h1-8H. The molecule has 0 aliphatic rings. The van der Waals surface area contributed by atoms with Crippen LogP contribution in [-0.2, 0) is 0 Å². The maximum atomic E-state index is 6.00. The molecule has 0 spiro atoms. The van der Waals surface area contributed by atoms with E-state index in [0.717, 1.165) is 15.8 Å². The Morgan fingerprint density at radius 1 is 0.867 bits per heavy atom. The van der Waals surface area contributed by atoms with Crippen molar-refractivity contribution in [2.45, 2.75) is 0 Å². The van der Waals surface area contributed by atoms with Crippen LogP contribution in [0.4, 0.5) is 0 Å². The Labute approximate surface area is 92.3 Å². The van der Waals surface area contributed by atoms with Crippen molar-refractivity contribution in [1.82, 2.24) is 4.98 Å². The van der Waals surface area contributed by atoms with Crippen LogP contribution in [0.5, 0.6) is 0 Å². The zero-order chi connectivity index (χ0) is 10.3. The van der Waals surface area contributed by atoms with Gasteiger partial charge in [-0.3, -0.25) is 4.98 Å². The molecular weight excluding hydrogens is 206 g/mol. The van der Waals surface area contributed by atoms with Gasteiger partial charge in [0.25, 0.3) is 0 Å². The zero-order valence-electron chi connectivity index (χ0n) is 7.94. The molecule has 2 aromatic carbocycles. The first kappa shape index (κ1) is 8.69. The van der Waals surface area contributed by atoms with Crippen molar-refractivity contribution in [1.29, 1.82) is 0 Å². The third-order valence-corrected chi connectivity index (χ3v) is 2.84. The largest absolute Gasteiger partial charge is 0.264 e. The summed E-state index contributed by atoms with van der Waals surface area (Å²) in [6.45, 7) is 0. The van der Waals surface area contributed by atoms with Gasteiger partial charge < -0.3 is 0 Å². The molecule has 0 amide bonds. The SMILES string of the molecule is Clc1ccc2ccc3ccncc3c2c1. The lowest BCUT2D eigenvalue weighted by Crippen LogP contribution is -1.79. The number of halogens is 1. The average molecular weight is 214 g/mol. The number of rotatable bonds is 0. The maximum absolute atomic E-state index is 6.00. The van der Waals surface area contributed by atoms with E-state index in [4.69, 9.17) is 11.6 Å². The van der Waals surface area contributed by atoms with Crippen LogP contribution in [0.3, 0.4) is 0 Å². The van der Waals surface area contributed by atoms with Gasteiger partial charge in [0, 0.05) is 22.8 Å². The van der Waals surface area contributed by atoms with E-state index in [1.807, 2.05) is 30.5 Å². The van der Waals surface area contributed by atoms with Gasteiger partial charge in [0.05, 0.1) is 0 Å². The number of hydrogen-bond donors (Lipinski definition) is 0. The van der Waals surface area contributed by atoms with E-state index < -0.39 is 0 Å². The Balaban J connectivity index is 2.57. The molecule has 0 bridgehead atoms. The fourth-order valence-electron chi connectivity index (χ4n) is 1.86. The molecule has 0 aliphatic carbocycles. The van der Waals surface area contributed by atoms with Gasteiger partial charge in [0.15, 0.2) is 0 Å². The molecule has 0 fully saturated rings. The molecule has 0 saturated heterocycles. The quantitative estimate of drug-likeness (QED) is 0.514. The lowest BCUT2D eigenvalue weighted by Gasteiger charge is -2.03. The molecule has 0 N–H and O–H groups in total. The maximum Gasteiger partial charge on any atom is 0.0412 e. The summed E-state index contributed by atoms with van der Waals surface area (Å²) in [4.78, 5) is 4.15. The molecule has 3 aromatic rings. The Morgan fingerprint density at radius 3 is 2.47 bits per heavy atom. The van der Waals surface area contributed by atoms with Crippen molar-refractivity contribution in [2.24, 2.45) is 0 Å². The van der Waals surface area contributed by atoms with Crippen molar-refractivity contribution >= 4 is 33.1 Å². The van der Waals surface area contributed by atoms with E-state index in [1.54, 1.807) is 6.20 Å². The molecule has 0 aliphatic heterocycles. The van der Waals surface area contributed by atoms with Crippen LogP contribution < -0.4 is 0 Å². The van der Waals surface area contributed by atoms with Crippen LogP contribution in [0.25, 0.3) is 21.5 Å². The highest BCUT2D eigenvalue weighted by Crippen LogP contribution is 2.26. The number of fused-ring (bicyclic) bond motifs is 3. The summed E-state index contributed by atoms with van der Waals surface area (Å²) in [7, 11) is 0. The average Bonchev–Trinajstić information content (AvgIpc) is 2.29. The number of pyridine rings is 1. The summed E-state index contributed by atoms with van der Waals surface area (Å²) >= 11 is 6.00. The molecule has 72 valence electrons. The van der Waals surface area contributed by atoms with Crippen LogP contribution in [0.15, 0.2) is 48.8 Å². The highest BCUT2D eigenvalue weighted by atomic mass is 35.5. The van der Waals surface area contributed by atoms with Crippen molar-refractivity contribution in [3.63, 3.8) is 0 Å². The molecule has 0 radical (unpaired) electrons. The van der Waals surface area contributed by atoms with Crippen molar-refractivity contribution < 1.29 is 0 Å². The third-order valence-electron chi connectivity index (χ3n) is 2.60. The predicted octanol–water partition coefficient (Wildman–Crippen LogP) is 4.04. The lowest BCUT2D eigenvalue weighted by atomic mass is 10.0. The molecule has 0 saturated carbocycles. The number of hydrogen-bond acceptors (Lipinski definition) is 1. The monoisotopic (exact) mass is 213 g/mol. The molecule has 0 atom stereocenters. The Hall–Kier alpha value is -1.60. The summed E-state index contributed by atoms with van der Waals surface area (Å²) in [5, 5.41) is 5.46. The summed E-state index contributed by atoms with van der Waals surface area (Å²) < 4.78 is 0. The van der Waals surface area contributed by atoms with E-state index in [2.05, 4.69) is 17.1 Å². The lowest BCUT2D eigenvalue weighted by molar-refractivity contribution is 1.37. The Morgan fingerprint density at radius 2 is 1.60 bits per heavy atom. The molecule has 2 heteroatoms. The van der Waals surface area contributed by atoms with Crippen LogP contribution >= 0.6 is 11.6 Å². The smallest absolute Gasteiger partial charge is 0.0412 e. The zero-order valence-corrected chi connectivity index (χ0v) is 8.70. The van der Waals surface area contributed by atoms with E-state index in [9.17, 15) is 0 Å². The second kappa shape index (κ2) is 3.21. The van der Waals surface area contributed by atoms with Crippen molar-refractivity contribution in [2.75, 3.05) is 0 Å². The summed E-state index contributed by atoms with van der Waals surface area (Å²) in [6.07, 6.45) is 3.69. The fourth-order valence-corrected chi connectivity index (χ4v) is 2.03. The van der Waals surface area contributed by atoms with Crippen molar-refractivity contribution in [3.8, 4) is 0 Å². The van der Waals surface area contributed by atoms with Crippen LogP contribution in [0.2, 0.25) is 5.02 Å². The topological polar surface area (TPSA) is 12.9 Å². The summed E-state index contributed by atoms with van der Waals surface area (Å²) in [5.41, 5.74) is 0. The van der Waals surface area contributed by atoms with Crippen LogP contribution in [0.1, 0.15) is 0 Å². The van der Waals surface area contributed by atoms with Crippen LogP contribution in [0, 0.1) is 0 Å². The van der Waals surface area contributed by atoms with Gasteiger partial charge in [-0.15, -0.1) is 0 Å². The highest BCUT2D eigenvalue weighted by Gasteiger charge is 2.00. The van der Waals surface area contributed by atoms with E-state index >= 15 is 0 Å². The second-order valence-corrected chi connectivity index (χ2v) is 3.96. The minimum atomic E-state index is 0.763. The minimum Gasteiger partial charge on any atom is -0.264 e. The first-order chi connectivity index (χ1) is 7.34. The van der Waals surface area contributed by atoms with E-state index in [1.165, 1.54) is 10.8 Å². The van der Waals surface area contributed by atoms with E-state index in [0.29, 0.717) is 0 Å². The first-order valence-electron chi connectivity index (χ1n) is 4.76. The minimum absolute atomic E-state index is 0.763. The normalized spacial score (nSPS) is 11.0. The summed E-state index contributed by atoms with van der Waals surface area (Å²) in [5.74, 6) is 0. The predicted molar refractivity (Wildman–Crippen MR) is 64.3 cm³/mol. The number of aromatic nitrogens is 1. The van der Waals surface area contributed by atoms with Gasteiger partial charge in [-0.25, -0.2) is 0 Å². The van der Waals surface area contributed by atoms with E-state index in [-0.39, 0.29) is 0 Å². The fraction of sp³-hybridized carbons (Fsp3) is 0. The van der Waals surface area contributed by atoms with Gasteiger partial charge in [0.1, 0.15) is 0 Å². The second-order valence-electron chi connectivity index (χ2n) is 3.53. The van der Waals surface area contributed by atoms with Crippen LogP contribution in [-0.4, -0.2) is 4.98 Å². The van der Waals surface area contributed by atoms with Crippen molar-refractivity contribution in [3.05, 3.63) is 53.8 Å². The molecule has 0 unspecified atom stereocenters. The molecular formula is C13H8ClN. The number of nitrogens with zero attached hydrogens (tertiary/aromatic N) is 1. The van der Waals surface area contributed by atoms with Gasteiger partial charge in [-0.2, -0.15) is 0 Å². The molecule has 3 rings (SSSR count). The Bertz CT molecular complexity index is 646. The first-order valence-corrected chi connectivity index (χ1v) is 5.14. The van der Waals surface area contributed by atoms with Gasteiger partial charge >= 0.3 is 0 Å². The molecule has 15 heavy (non-hydrogen) atoms. The molecule has 1 heterocycles. The molecule has 1 aromatic heterocycles. The van der Waals surface area contributed by atoms with Gasteiger partial charge in [0.2, 0.25) is 0 Å². The Kier molecular flexibility index (Phi) is 1.86. The summed E-state index contributed by atoms with van der Waals surface area (Å²) in [6, 6.07) is 12.1. The number of benzene rings is 2.